The highest BCUT2D eigenvalue weighted by molar-refractivity contribution is 9.11. The van der Waals surface area contributed by atoms with Gasteiger partial charge < -0.3 is 10.6 Å². The molecule has 0 fully saturated rings. The van der Waals surface area contributed by atoms with Gasteiger partial charge in [-0.3, -0.25) is 9.78 Å². The first-order valence-electron chi connectivity index (χ1n) is 5.92. The number of nitrogens with zero attached hydrogens (tertiary/aromatic N) is 1. The first-order chi connectivity index (χ1) is 9.52. The number of benzene rings is 1. The number of pyridine rings is 1. The lowest BCUT2D eigenvalue weighted by atomic mass is 10.2. The van der Waals surface area contributed by atoms with Crippen LogP contribution < -0.4 is 10.6 Å². The maximum absolute atomic E-state index is 12.4. The molecule has 104 valence electrons. The van der Waals surface area contributed by atoms with Gasteiger partial charge in [0.05, 0.1) is 16.9 Å². The van der Waals surface area contributed by atoms with Crippen LogP contribution in [0.2, 0.25) is 0 Å². The monoisotopic (exact) mass is 397 g/mol. The van der Waals surface area contributed by atoms with E-state index in [9.17, 15) is 4.79 Å². The van der Waals surface area contributed by atoms with Gasteiger partial charge in [0.1, 0.15) is 0 Å². The minimum atomic E-state index is -0.213. The molecule has 1 aromatic heterocycles. The van der Waals surface area contributed by atoms with Gasteiger partial charge in [0.2, 0.25) is 0 Å². The fraction of sp³-hybridized carbons (Fsp3) is 0.143. The summed E-state index contributed by atoms with van der Waals surface area (Å²) in [4.78, 5) is 16.5. The molecule has 0 aliphatic carbocycles. The van der Waals surface area contributed by atoms with Crippen LogP contribution in [0.3, 0.4) is 0 Å². The second kappa shape index (κ2) is 6.37. The largest absolute Gasteiger partial charge is 0.387 e. The van der Waals surface area contributed by atoms with Crippen molar-refractivity contribution >= 4 is 49.1 Å². The molecule has 0 radical (unpaired) electrons. The summed E-state index contributed by atoms with van der Waals surface area (Å²) >= 11 is 6.84. The van der Waals surface area contributed by atoms with Crippen molar-refractivity contribution in [1.29, 1.82) is 0 Å². The van der Waals surface area contributed by atoms with E-state index in [4.69, 9.17) is 0 Å². The van der Waals surface area contributed by atoms with Gasteiger partial charge in [0.25, 0.3) is 5.91 Å². The second-order valence-electron chi connectivity index (χ2n) is 4.17. The Kier molecular flexibility index (Phi) is 4.77. The summed E-state index contributed by atoms with van der Waals surface area (Å²) in [7, 11) is 1.78. The van der Waals surface area contributed by atoms with E-state index in [1.165, 1.54) is 0 Å². The number of hydrogen-bond acceptors (Lipinski definition) is 3. The summed E-state index contributed by atoms with van der Waals surface area (Å²) in [5.41, 5.74) is 2.80. The fourth-order valence-electron chi connectivity index (χ4n) is 1.75. The van der Waals surface area contributed by atoms with E-state index in [1.54, 1.807) is 13.2 Å². The molecule has 1 amide bonds. The van der Waals surface area contributed by atoms with Crippen LogP contribution in [0.15, 0.2) is 39.4 Å². The van der Waals surface area contributed by atoms with Crippen molar-refractivity contribution in [2.45, 2.75) is 6.92 Å². The zero-order valence-electron chi connectivity index (χ0n) is 11.0. The van der Waals surface area contributed by atoms with Crippen molar-refractivity contribution in [1.82, 2.24) is 4.98 Å². The van der Waals surface area contributed by atoms with Crippen LogP contribution in [0, 0.1) is 6.92 Å². The summed E-state index contributed by atoms with van der Waals surface area (Å²) in [5, 5.41) is 5.88. The maximum atomic E-state index is 12.4. The summed E-state index contributed by atoms with van der Waals surface area (Å²) in [6.45, 7) is 1.88. The van der Waals surface area contributed by atoms with Gasteiger partial charge in [0.15, 0.2) is 0 Å². The normalized spacial score (nSPS) is 10.2. The number of carbonyl (C=O) groups is 1. The van der Waals surface area contributed by atoms with E-state index in [0.717, 1.165) is 20.3 Å². The average Bonchev–Trinajstić information content (AvgIpc) is 2.42. The van der Waals surface area contributed by atoms with E-state index < -0.39 is 0 Å². The van der Waals surface area contributed by atoms with Gasteiger partial charge in [-0.05, 0) is 57.0 Å². The zero-order valence-corrected chi connectivity index (χ0v) is 14.2. The average molecular weight is 399 g/mol. The maximum Gasteiger partial charge on any atom is 0.259 e. The Morgan fingerprint density at radius 3 is 2.50 bits per heavy atom. The molecule has 0 unspecified atom stereocenters. The molecule has 0 atom stereocenters. The predicted octanol–water partition coefficient (Wildman–Crippen LogP) is 4.21. The molecule has 6 heteroatoms. The van der Waals surface area contributed by atoms with Crippen molar-refractivity contribution in [3.63, 3.8) is 0 Å². The van der Waals surface area contributed by atoms with E-state index >= 15 is 0 Å². The molecule has 2 rings (SSSR count). The van der Waals surface area contributed by atoms with Crippen LogP contribution in [0.1, 0.15) is 16.1 Å². The van der Waals surface area contributed by atoms with Crippen molar-refractivity contribution in [3.05, 3.63) is 50.7 Å². The zero-order chi connectivity index (χ0) is 14.7. The molecular formula is C14H13Br2N3O. The number of aromatic nitrogens is 1. The molecular weight excluding hydrogens is 386 g/mol. The Labute approximate surface area is 134 Å². The van der Waals surface area contributed by atoms with E-state index in [2.05, 4.69) is 47.5 Å². The molecule has 0 saturated heterocycles. The number of hydrogen-bond donors (Lipinski definition) is 2. The molecule has 1 heterocycles. The van der Waals surface area contributed by atoms with Gasteiger partial charge in [-0.2, -0.15) is 0 Å². The number of rotatable bonds is 3. The lowest BCUT2D eigenvalue weighted by Crippen LogP contribution is -2.15. The standard InChI is InChI=1S/C14H13Br2N3O/c1-8-6-12(17-2)9(7-18-8)14(20)19-13-10(15)4-3-5-11(13)16/h3-7H,1-2H3,(H,17,18)(H,19,20). The summed E-state index contributed by atoms with van der Waals surface area (Å²) in [6, 6.07) is 7.46. The molecule has 0 bridgehead atoms. The number of aryl methyl sites for hydroxylation is 1. The third-order valence-electron chi connectivity index (χ3n) is 2.76. The molecule has 2 aromatic rings. The summed E-state index contributed by atoms with van der Waals surface area (Å²) in [6.07, 6.45) is 1.57. The third kappa shape index (κ3) is 3.19. The number of nitrogens with one attached hydrogen (secondary N) is 2. The minimum Gasteiger partial charge on any atom is -0.387 e. The Morgan fingerprint density at radius 1 is 1.25 bits per heavy atom. The van der Waals surface area contributed by atoms with E-state index in [1.807, 2.05) is 31.2 Å². The van der Waals surface area contributed by atoms with Crippen molar-refractivity contribution in [2.75, 3.05) is 17.7 Å². The number of amides is 1. The highest BCUT2D eigenvalue weighted by Crippen LogP contribution is 2.31. The van der Waals surface area contributed by atoms with Gasteiger partial charge in [-0.15, -0.1) is 0 Å². The summed E-state index contributed by atoms with van der Waals surface area (Å²) < 4.78 is 1.62. The van der Waals surface area contributed by atoms with Crippen molar-refractivity contribution in [2.24, 2.45) is 0 Å². The van der Waals surface area contributed by atoms with Crippen LogP contribution in [0.25, 0.3) is 0 Å². The molecule has 0 aliphatic rings. The highest BCUT2D eigenvalue weighted by atomic mass is 79.9. The second-order valence-corrected chi connectivity index (χ2v) is 5.88. The van der Waals surface area contributed by atoms with Gasteiger partial charge in [-0.25, -0.2) is 0 Å². The number of halogens is 2. The summed E-state index contributed by atoms with van der Waals surface area (Å²) in [5.74, 6) is -0.213. The van der Waals surface area contributed by atoms with Gasteiger partial charge in [-0.1, -0.05) is 6.07 Å². The van der Waals surface area contributed by atoms with Crippen LogP contribution in [0.5, 0.6) is 0 Å². The molecule has 2 N–H and O–H groups in total. The Balaban J connectivity index is 2.33. The van der Waals surface area contributed by atoms with Gasteiger partial charge >= 0.3 is 0 Å². The van der Waals surface area contributed by atoms with Crippen molar-refractivity contribution < 1.29 is 4.79 Å². The minimum absolute atomic E-state index is 0.213. The predicted molar refractivity (Wildman–Crippen MR) is 88.3 cm³/mol. The molecule has 20 heavy (non-hydrogen) atoms. The molecule has 4 nitrogen and oxygen atoms in total. The SMILES string of the molecule is CNc1cc(C)ncc1C(=O)Nc1c(Br)cccc1Br. The smallest absolute Gasteiger partial charge is 0.259 e. The Morgan fingerprint density at radius 2 is 1.90 bits per heavy atom. The van der Waals surface area contributed by atoms with E-state index in [0.29, 0.717) is 11.3 Å². The van der Waals surface area contributed by atoms with Crippen LogP contribution in [0.4, 0.5) is 11.4 Å². The number of anilines is 2. The molecule has 0 aliphatic heterocycles. The van der Waals surface area contributed by atoms with Crippen LogP contribution >= 0.6 is 31.9 Å². The Bertz CT molecular complexity index is 639. The lowest BCUT2D eigenvalue weighted by Gasteiger charge is -2.12. The number of para-hydroxylation sites is 1. The molecule has 0 spiro atoms. The first kappa shape index (κ1) is 15.0. The van der Waals surface area contributed by atoms with Crippen LogP contribution in [-0.2, 0) is 0 Å². The molecule has 0 saturated carbocycles. The van der Waals surface area contributed by atoms with Crippen LogP contribution in [-0.4, -0.2) is 17.9 Å². The Hall–Kier alpha value is -1.40. The number of carbonyl (C=O) groups excluding carboxylic acids is 1. The topological polar surface area (TPSA) is 54.0 Å². The third-order valence-corrected chi connectivity index (χ3v) is 4.08. The van der Waals surface area contributed by atoms with E-state index in [-0.39, 0.29) is 5.91 Å². The van der Waals surface area contributed by atoms with Gasteiger partial charge in [0, 0.05) is 27.9 Å². The highest BCUT2D eigenvalue weighted by Gasteiger charge is 2.14. The fourth-order valence-corrected chi connectivity index (χ4v) is 2.94. The first-order valence-corrected chi connectivity index (χ1v) is 7.51. The molecule has 1 aromatic carbocycles. The van der Waals surface area contributed by atoms with Crippen molar-refractivity contribution in [3.8, 4) is 0 Å². The lowest BCUT2D eigenvalue weighted by molar-refractivity contribution is 0.102. The quantitative estimate of drug-likeness (QED) is 0.814.